The normalized spacial score (nSPS) is 12.8. The van der Waals surface area contributed by atoms with Gasteiger partial charge in [-0.3, -0.25) is 10.1 Å². The van der Waals surface area contributed by atoms with E-state index in [-0.39, 0.29) is 11.5 Å². The van der Waals surface area contributed by atoms with Crippen LogP contribution in [0.25, 0.3) is 0 Å². The third-order valence-corrected chi connectivity index (χ3v) is 2.43. The molecule has 66 valence electrons. The molecule has 0 aromatic carbocycles. The van der Waals surface area contributed by atoms with Gasteiger partial charge in [-0.25, -0.2) is 4.39 Å². The third kappa shape index (κ3) is 1.77. The van der Waals surface area contributed by atoms with Gasteiger partial charge in [0.2, 0.25) is 0 Å². The van der Waals surface area contributed by atoms with Crippen molar-refractivity contribution in [2.24, 2.45) is 5.73 Å². The van der Waals surface area contributed by atoms with Crippen molar-refractivity contribution >= 4 is 16.3 Å². The van der Waals surface area contributed by atoms with E-state index in [9.17, 15) is 14.5 Å². The minimum atomic E-state index is -1.29. The molecule has 0 amide bonds. The van der Waals surface area contributed by atoms with E-state index in [4.69, 9.17) is 5.73 Å². The Morgan fingerprint density at radius 2 is 2.42 bits per heavy atom. The Labute approximate surface area is 72.0 Å². The molecule has 6 heteroatoms. The van der Waals surface area contributed by atoms with Crippen LogP contribution in [0.15, 0.2) is 12.1 Å². The Morgan fingerprint density at radius 3 is 2.83 bits per heavy atom. The van der Waals surface area contributed by atoms with Gasteiger partial charge in [0, 0.05) is 17.5 Å². The van der Waals surface area contributed by atoms with E-state index >= 15 is 0 Å². The molecular formula is C6H7FN2O2S. The summed E-state index contributed by atoms with van der Waals surface area (Å²) in [6, 6.07) is 2.67. The highest BCUT2D eigenvalue weighted by Gasteiger charge is 2.15. The van der Waals surface area contributed by atoms with Gasteiger partial charge < -0.3 is 5.73 Å². The van der Waals surface area contributed by atoms with Gasteiger partial charge in [0.05, 0.1) is 4.92 Å². The topological polar surface area (TPSA) is 69.2 Å². The second-order valence-electron chi connectivity index (χ2n) is 2.14. The largest absolute Gasteiger partial charge is 0.327 e. The van der Waals surface area contributed by atoms with Gasteiger partial charge in [0.15, 0.2) is 0 Å². The van der Waals surface area contributed by atoms with E-state index in [0.29, 0.717) is 4.88 Å². The van der Waals surface area contributed by atoms with Crippen LogP contribution in [-0.4, -0.2) is 11.5 Å². The van der Waals surface area contributed by atoms with Crippen molar-refractivity contribution in [2.45, 2.75) is 6.17 Å². The number of nitro groups is 1. The Hall–Kier alpha value is -1.01. The summed E-state index contributed by atoms with van der Waals surface area (Å²) in [6.07, 6.45) is -1.29. The fourth-order valence-electron chi connectivity index (χ4n) is 0.725. The number of hydrogen-bond donors (Lipinski definition) is 1. The van der Waals surface area contributed by atoms with Crippen molar-refractivity contribution in [1.82, 2.24) is 0 Å². The van der Waals surface area contributed by atoms with Crippen molar-refractivity contribution in [3.8, 4) is 0 Å². The van der Waals surface area contributed by atoms with E-state index in [0.717, 1.165) is 11.3 Å². The fourth-order valence-corrected chi connectivity index (χ4v) is 1.54. The predicted octanol–water partition coefficient (Wildman–Crippen LogP) is 1.63. The Bertz CT molecular complexity index is 289. The molecule has 0 saturated carbocycles. The lowest BCUT2D eigenvalue weighted by Crippen LogP contribution is -2.05. The Morgan fingerprint density at radius 1 is 1.75 bits per heavy atom. The van der Waals surface area contributed by atoms with Crippen molar-refractivity contribution in [3.05, 3.63) is 27.1 Å². The first-order chi connectivity index (χ1) is 5.65. The van der Waals surface area contributed by atoms with E-state index in [1.54, 1.807) is 0 Å². The van der Waals surface area contributed by atoms with E-state index < -0.39 is 11.1 Å². The Balaban J connectivity index is 2.84. The predicted molar refractivity (Wildman–Crippen MR) is 43.9 cm³/mol. The molecule has 0 spiro atoms. The second-order valence-corrected chi connectivity index (χ2v) is 3.23. The first kappa shape index (κ1) is 9.08. The average Bonchev–Trinajstić information content (AvgIpc) is 2.51. The molecule has 1 aromatic heterocycles. The van der Waals surface area contributed by atoms with Crippen molar-refractivity contribution in [2.75, 3.05) is 6.54 Å². The highest BCUT2D eigenvalue weighted by Crippen LogP contribution is 2.29. The molecule has 0 aliphatic heterocycles. The van der Waals surface area contributed by atoms with Crippen LogP contribution in [-0.2, 0) is 0 Å². The maximum absolute atomic E-state index is 12.8. The van der Waals surface area contributed by atoms with Gasteiger partial charge >= 0.3 is 5.00 Å². The first-order valence-corrected chi connectivity index (χ1v) is 4.05. The lowest BCUT2D eigenvalue weighted by Gasteiger charge is -1.97. The molecule has 0 radical (unpaired) electrons. The lowest BCUT2D eigenvalue weighted by molar-refractivity contribution is -0.380. The quantitative estimate of drug-likeness (QED) is 0.581. The van der Waals surface area contributed by atoms with Crippen LogP contribution in [0.1, 0.15) is 11.0 Å². The fraction of sp³-hybridized carbons (Fsp3) is 0.333. The molecule has 2 N–H and O–H groups in total. The lowest BCUT2D eigenvalue weighted by atomic mass is 10.3. The maximum Gasteiger partial charge on any atom is 0.324 e. The summed E-state index contributed by atoms with van der Waals surface area (Å²) in [5.41, 5.74) is 5.05. The van der Waals surface area contributed by atoms with E-state index in [1.165, 1.54) is 12.1 Å². The first-order valence-electron chi connectivity index (χ1n) is 3.23. The number of nitrogens with zero attached hydrogens (tertiary/aromatic N) is 1. The van der Waals surface area contributed by atoms with Gasteiger partial charge in [-0.05, 0) is 6.07 Å². The maximum atomic E-state index is 12.8. The number of thiophene rings is 1. The standard InChI is InChI=1S/C6H7FN2O2S/c7-4(3-8)5-1-2-6(12-5)9(10)11/h1-2,4H,3,8H2. The molecule has 12 heavy (non-hydrogen) atoms. The number of alkyl halides is 1. The molecule has 0 aliphatic carbocycles. The molecule has 1 unspecified atom stereocenters. The summed E-state index contributed by atoms with van der Waals surface area (Å²) in [5, 5.41) is 10.1. The minimum Gasteiger partial charge on any atom is -0.327 e. The van der Waals surface area contributed by atoms with Crippen LogP contribution in [0.2, 0.25) is 0 Å². The number of halogens is 1. The summed E-state index contributed by atoms with van der Waals surface area (Å²) >= 11 is 0.820. The highest BCUT2D eigenvalue weighted by atomic mass is 32.1. The summed E-state index contributed by atoms with van der Waals surface area (Å²) in [7, 11) is 0. The molecule has 0 bridgehead atoms. The summed E-state index contributed by atoms with van der Waals surface area (Å²) in [4.78, 5) is 9.95. The molecule has 4 nitrogen and oxygen atoms in total. The molecule has 0 saturated heterocycles. The van der Waals surface area contributed by atoms with Crippen LogP contribution >= 0.6 is 11.3 Å². The number of nitrogens with two attached hydrogens (primary N) is 1. The van der Waals surface area contributed by atoms with Crippen LogP contribution < -0.4 is 5.73 Å². The van der Waals surface area contributed by atoms with Crippen LogP contribution in [0, 0.1) is 10.1 Å². The van der Waals surface area contributed by atoms with E-state index in [1.807, 2.05) is 0 Å². The molecule has 0 aliphatic rings. The molecule has 0 fully saturated rings. The highest BCUT2D eigenvalue weighted by molar-refractivity contribution is 7.15. The minimum absolute atomic E-state index is 0.0545. The summed E-state index contributed by atoms with van der Waals surface area (Å²) < 4.78 is 12.8. The smallest absolute Gasteiger partial charge is 0.324 e. The van der Waals surface area contributed by atoms with Crippen molar-refractivity contribution in [3.63, 3.8) is 0 Å². The van der Waals surface area contributed by atoms with Crippen LogP contribution in [0.4, 0.5) is 9.39 Å². The number of rotatable bonds is 3. The summed E-state index contributed by atoms with van der Waals surface area (Å²) in [5.74, 6) is 0. The van der Waals surface area contributed by atoms with Gasteiger partial charge in [-0.2, -0.15) is 0 Å². The second kappa shape index (κ2) is 3.59. The van der Waals surface area contributed by atoms with Crippen molar-refractivity contribution in [1.29, 1.82) is 0 Å². The van der Waals surface area contributed by atoms with Crippen LogP contribution in [0.5, 0.6) is 0 Å². The van der Waals surface area contributed by atoms with Gasteiger partial charge in [-0.15, -0.1) is 0 Å². The zero-order valence-corrected chi connectivity index (χ0v) is 6.88. The number of hydrogen-bond acceptors (Lipinski definition) is 4. The summed E-state index contributed by atoms with van der Waals surface area (Å²) in [6.45, 7) is -0.141. The van der Waals surface area contributed by atoms with Crippen molar-refractivity contribution < 1.29 is 9.31 Å². The zero-order chi connectivity index (χ0) is 9.14. The molecule has 1 rings (SSSR count). The molecule has 1 atom stereocenters. The van der Waals surface area contributed by atoms with Gasteiger partial charge in [0.1, 0.15) is 6.17 Å². The third-order valence-electron chi connectivity index (χ3n) is 1.31. The van der Waals surface area contributed by atoms with Gasteiger partial charge in [-0.1, -0.05) is 11.3 Å². The Kier molecular flexibility index (Phi) is 2.72. The zero-order valence-electron chi connectivity index (χ0n) is 6.07. The molecule has 1 aromatic rings. The monoisotopic (exact) mass is 190 g/mol. The SMILES string of the molecule is NCC(F)c1ccc([N+](=O)[O-])s1. The van der Waals surface area contributed by atoms with E-state index in [2.05, 4.69) is 0 Å². The van der Waals surface area contributed by atoms with Crippen LogP contribution in [0.3, 0.4) is 0 Å². The van der Waals surface area contributed by atoms with Gasteiger partial charge in [0.25, 0.3) is 0 Å². The average molecular weight is 190 g/mol. The molecular weight excluding hydrogens is 183 g/mol. The molecule has 1 heterocycles.